The van der Waals surface area contributed by atoms with E-state index in [0.717, 1.165) is 19.1 Å². The van der Waals surface area contributed by atoms with Gasteiger partial charge in [-0.2, -0.15) is 0 Å². The number of rotatable bonds is 9. The van der Waals surface area contributed by atoms with Crippen molar-refractivity contribution >= 4 is 36.7 Å². The molecule has 0 fully saturated rings. The fourth-order valence-corrected chi connectivity index (χ4v) is 11.7. The molecule has 0 saturated carbocycles. The van der Waals surface area contributed by atoms with Crippen molar-refractivity contribution in [2.24, 2.45) is 5.73 Å². The molecule has 3 rings (SSSR count). The summed E-state index contributed by atoms with van der Waals surface area (Å²) in [5, 5.41) is 1.49. The van der Waals surface area contributed by atoms with Gasteiger partial charge in [0.2, 0.25) is 0 Å². The molecule has 3 heteroatoms. The van der Waals surface area contributed by atoms with E-state index in [-0.39, 0.29) is 0 Å². The Hall–Kier alpha value is -1.47. The third-order valence-corrected chi connectivity index (χ3v) is 15.4. The van der Waals surface area contributed by atoms with Crippen LogP contribution in [0.15, 0.2) is 91.0 Å². The molecule has 0 spiro atoms. The number of unbranched alkanes of at least 4 members (excludes halogenated alkanes) is 3. The molecule has 0 amide bonds. The molecule has 3 aromatic rings. The predicted octanol–water partition coefficient (Wildman–Crippen LogP) is 5.35. The van der Waals surface area contributed by atoms with Crippen molar-refractivity contribution in [1.29, 1.82) is 0 Å². The van der Waals surface area contributed by atoms with Gasteiger partial charge < -0.3 is 0 Å². The SMILES string of the molecule is NCCCCCCP(Br)(c1ccccc1)(c1ccccc1)c1ccccc1. The maximum atomic E-state index is 5.69. The van der Waals surface area contributed by atoms with Crippen LogP contribution < -0.4 is 21.6 Å². The molecule has 142 valence electrons. The fraction of sp³-hybridized carbons (Fsp3) is 0.250. The Labute approximate surface area is 171 Å². The van der Waals surface area contributed by atoms with Crippen LogP contribution in [0.3, 0.4) is 0 Å². The molecule has 0 aromatic heterocycles. The topological polar surface area (TPSA) is 26.0 Å². The average Bonchev–Trinajstić information content (AvgIpc) is 2.75. The van der Waals surface area contributed by atoms with Gasteiger partial charge in [0, 0.05) is 0 Å². The standard InChI is InChI=1S/C24H29BrNP/c25-27(21-13-2-1-12-20-26,22-14-6-3-7-15-22,23-16-8-4-9-17-23)24-18-10-5-11-19-24/h3-11,14-19H,1-2,12-13,20-21,26H2. The van der Waals surface area contributed by atoms with Crippen molar-refractivity contribution in [3.8, 4) is 0 Å². The van der Waals surface area contributed by atoms with Gasteiger partial charge in [0.05, 0.1) is 0 Å². The van der Waals surface area contributed by atoms with Gasteiger partial charge in [-0.25, -0.2) is 0 Å². The van der Waals surface area contributed by atoms with Crippen molar-refractivity contribution in [3.05, 3.63) is 91.0 Å². The van der Waals surface area contributed by atoms with E-state index in [1.807, 2.05) is 0 Å². The molecule has 0 heterocycles. The Morgan fingerprint density at radius 3 is 1.30 bits per heavy atom. The Morgan fingerprint density at radius 1 is 0.556 bits per heavy atom. The first-order valence-corrected chi connectivity index (χ1v) is 14.2. The number of halogens is 1. The summed E-state index contributed by atoms with van der Waals surface area (Å²) in [5.74, 6) is 0. The summed E-state index contributed by atoms with van der Waals surface area (Å²) in [7, 11) is 0. The van der Waals surface area contributed by atoms with Crippen LogP contribution in [0.5, 0.6) is 0 Å². The van der Waals surface area contributed by atoms with Crippen LogP contribution in [0.2, 0.25) is 0 Å². The molecule has 3 aromatic carbocycles. The van der Waals surface area contributed by atoms with E-state index in [1.165, 1.54) is 35.2 Å². The van der Waals surface area contributed by atoms with E-state index in [4.69, 9.17) is 5.73 Å². The molecule has 0 radical (unpaired) electrons. The molecule has 0 aliphatic rings. The van der Waals surface area contributed by atoms with Crippen LogP contribution in [0.25, 0.3) is 0 Å². The molecule has 0 saturated heterocycles. The van der Waals surface area contributed by atoms with Gasteiger partial charge in [0.15, 0.2) is 0 Å². The Morgan fingerprint density at radius 2 is 0.926 bits per heavy atom. The summed E-state index contributed by atoms with van der Waals surface area (Å²) < 4.78 is 0. The van der Waals surface area contributed by atoms with E-state index < -0.39 is 5.31 Å². The second-order valence-corrected chi connectivity index (χ2v) is 16.2. The average molecular weight is 442 g/mol. The molecule has 0 atom stereocenters. The zero-order valence-corrected chi connectivity index (χ0v) is 18.3. The van der Waals surface area contributed by atoms with Crippen LogP contribution in [-0.4, -0.2) is 12.7 Å². The van der Waals surface area contributed by atoms with Gasteiger partial charge in [-0.05, 0) is 0 Å². The van der Waals surface area contributed by atoms with Crippen LogP contribution >= 0.6 is 20.8 Å². The summed E-state index contributed by atoms with van der Waals surface area (Å²) >= 11 is 4.49. The molecule has 27 heavy (non-hydrogen) atoms. The molecule has 0 aliphatic carbocycles. The van der Waals surface area contributed by atoms with Gasteiger partial charge in [-0.15, -0.1) is 0 Å². The molecular formula is C24H29BrNP. The van der Waals surface area contributed by atoms with Gasteiger partial charge in [-0.1, -0.05) is 0 Å². The van der Waals surface area contributed by atoms with Crippen LogP contribution in [-0.2, 0) is 0 Å². The molecular weight excluding hydrogens is 413 g/mol. The number of hydrogen-bond acceptors (Lipinski definition) is 1. The second kappa shape index (κ2) is 9.15. The summed E-state index contributed by atoms with van der Waals surface area (Å²) in [6.45, 7) is 0.786. The summed E-state index contributed by atoms with van der Waals surface area (Å²) in [6.07, 6.45) is 5.83. The van der Waals surface area contributed by atoms with E-state index in [0.29, 0.717) is 0 Å². The zero-order valence-electron chi connectivity index (χ0n) is 15.8. The summed E-state index contributed by atoms with van der Waals surface area (Å²) in [5.41, 5.74) is 5.69. The van der Waals surface area contributed by atoms with Crippen molar-refractivity contribution in [1.82, 2.24) is 0 Å². The fourth-order valence-electron chi connectivity index (χ4n) is 3.96. The summed E-state index contributed by atoms with van der Waals surface area (Å²) in [6, 6.07) is 33.1. The van der Waals surface area contributed by atoms with Crippen molar-refractivity contribution in [2.45, 2.75) is 25.7 Å². The quantitative estimate of drug-likeness (QED) is 0.351. The zero-order chi connectivity index (χ0) is 19.0. The molecule has 0 aliphatic heterocycles. The van der Waals surface area contributed by atoms with E-state index in [9.17, 15) is 0 Å². The molecule has 0 bridgehead atoms. The van der Waals surface area contributed by atoms with Crippen LogP contribution in [0.1, 0.15) is 25.7 Å². The second-order valence-electron chi connectivity index (χ2n) is 7.12. The number of benzene rings is 3. The first-order valence-electron chi connectivity index (χ1n) is 9.80. The summed E-state index contributed by atoms with van der Waals surface area (Å²) in [4.78, 5) is 0. The maximum absolute atomic E-state index is 5.69. The van der Waals surface area contributed by atoms with Crippen molar-refractivity contribution in [3.63, 3.8) is 0 Å². The Balaban J connectivity index is 2.16. The van der Waals surface area contributed by atoms with Crippen LogP contribution in [0, 0.1) is 0 Å². The number of hydrogen-bond donors (Lipinski definition) is 1. The van der Waals surface area contributed by atoms with Gasteiger partial charge in [0.25, 0.3) is 0 Å². The van der Waals surface area contributed by atoms with Crippen molar-refractivity contribution < 1.29 is 0 Å². The Bertz CT molecular complexity index is 721. The van der Waals surface area contributed by atoms with Gasteiger partial charge in [-0.3, -0.25) is 0 Å². The monoisotopic (exact) mass is 441 g/mol. The Kier molecular flexibility index (Phi) is 6.87. The molecule has 0 unspecified atom stereocenters. The predicted molar refractivity (Wildman–Crippen MR) is 126 cm³/mol. The minimum absolute atomic E-state index is 0.786. The normalized spacial score (nSPS) is 13.0. The third kappa shape index (κ3) is 4.04. The van der Waals surface area contributed by atoms with Gasteiger partial charge >= 0.3 is 172 Å². The number of nitrogens with two attached hydrogens (primary N) is 1. The van der Waals surface area contributed by atoms with Crippen molar-refractivity contribution in [2.75, 3.05) is 12.7 Å². The van der Waals surface area contributed by atoms with Crippen LogP contribution in [0.4, 0.5) is 0 Å². The molecule has 1 nitrogen and oxygen atoms in total. The third-order valence-electron chi connectivity index (χ3n) is 5.42. The van der Waals surface area contributed by atoms with Gasteiger partial charge in [0.1, 0.15) is 0 Å². The minimum atomic E-state index is -2.71. The first kappa shape index (κ1) is 20.3. The van der Waals surface area contributed by atoms with E-state index >= 15 is 0 Å². The van der Waals surface area contributed by atoms with E-state index in [2.05, 4.69) is 106 Å². The van der Waals surface area contributed by atoms with E-state index in [1.54, 1.807) is 0 Å². The molecule has 2 N–H and O–H groups in total. The first-order chi connectivity index (χ1) is 13.2.